The molecule has 0 spiro atoms. The molecule has 186 valence electrons. The summed E-state index contributed by atoms with van der Waals surface area (Å²) in [4.78, 5) is 41.4. The lowest BCUT2D eigenvalue weighted by Gasteiger charge is -2.24. The Labute approximate surface area is 219 Å². The van der Waals surface area contributed by atoms with E-state index >= 15 is 0 Å². The third-order valence-electron chi connectivity index (χ3n) is 6.50. The summed E-state index contributed by atoms with van der Waals surface area (Å²) < 4.78 is 5.30. The number of amides is 2. The maximum atomic E-state index is 13.1. The van der Waals surface area contributed by atoms with Gasteiger partial charge in [-0.3, -0.25) is 9.59 Å². The second kappa shape index (κ2) is 10.9. The van der Waals surface area contributed by atoms with Crippen molar-refractivity contribution in [3.8, 4) is 0 Å². The van der Waals surface area contributed by atoms with E-state index in [9.17, 15) is 14.4 Å². The Morgan fingerprint density at radius 2 is 1.81 bits per heavy atom. The summed E-state index contributed by atoms with van der Waals surface area (Å²) >= 11 is 3.08. The molecule has 0 bridgehead atoms. The quantitative estimate of drug-likeness (QED) is 0.397. The lowest BCUT2D eigenvalue weighted by molar-refractivity contribution is -0.128. The van der Waals surface area contributed by atoms with Crippen molar-refractivity contribution >= 4 is 45.9 Å². The number of hydrogen-bond donors (Lipinski definition) is 1. The van der Waals surface area contributed by atoms with Crippen molar-refractivity contribution in [3.05, 3.63) is 87.3 Å². The van der Waals surface area contributed by atoms with Crippen LogP contribution in [0.2, 0.25) is 0 Å². The average Bonchev–Trinajstić information content (AvgIpc) is 3.44. The number of aryl methyl sites for hydroxylation is 1. The highest BCUT2D eigenvalue weighted by Gasteiger charge is 2.33. The van der Waals surface area contributed by atoms with Gasteiger partial charge in [-0.15, -0.1) is 23.1 Å². The molecule has 0 saturated carbocycles. The van der Waals surface area contributed by atoms with Crippen molar-refractivity contribution in [2.24, 2.45) is 0 Å². The van der Waals surface area contributed by atoms with Gasteiger partial charge in [-0.25, -0.2) is 4.79 Å². The first kappa shape index (κ1) is 24.6. The van der Waals surface area contributed by atoms with Crippen LogP contribution >= 0.6 is 23.1 Å². The van der Waals surface area contributed by atoms with Gasteiger partial charge in [0.15, 0.2) is 0 Å². The molecule has 6 nitrogen and oxygen atoms in total. The molecule has 0 radical (unpaired) electrons. The van der Waals surface area contributed by atoms with Gasteiger partial charge in [0.2, 0.25) is 5.91 Å². The molecule has 1 aromatic heterocycles. The van der Waals surface area contributed by atoms with E-state index in [1.807, 2.05) is 47.4 Å². The summed E-state index contributed by atoms with van der Waals surface area (Å²) in [6.07, 6.45) is 3.89. The van der Waals surface area contributed by atoms with Gasteiger partial charge in [0.05, 0.1) is 17.9 Å². The Bertz CT molecular complexity index is 1270. The summed E-state index contributed by atoms with van der Waals surface area (Å²) in [5.74, 6) is -0.0748. The SMILES string of the molecule is CCOC(=O)c1c(NC(=O)c2ccc([C@H]3SCC(=O)N3Cc3ccccc3)cc2)sc2c1CCCC2. The second-order valence-corrected chi connectivity index (χ2v) is 11.1. The number of anilines is 1. The minimum absolute atomic E-state index is 0.0887. The second-order valence-electron chi connectivity index (χ2n) is 8.88. The van der Waals surface area contributed by atoms with Crippen molar-refractivity contribution in [3.63, 3.8) is 0 Å². The minimum atomic E-state index is -0.371. The molecule has 36 heavy (non-hydrogen) atoms. The van der Waals surface area contributed by atoms with Crippen LogP contribution in [0.15, 0.2) is 54.6 Å². The van der Waals surface area contributed by atoms with Crippen LogP contribution in [0, 0.1) is 0 Å². The number of benzene rings is 2. The Hall–Kier alpha value is -3.10. The van der Waals surface area contributed by atoms with Gasteiger partial charge < -0.3 is 15.0 Å². The highest BCUT2D eigenvalue weighted by Crippen LogP contribution is 2.40. The molecule has 1 saturated heterocycles. The number of esters is 1. The summed E-state index contributed by atoms with van der Waals surface area (Å²) in [6, 6.07) is 17.3. The van der Waals surface area contributed by atoms with E-state index in [1.165, 1.54) is 11.3 Å². The molecular weight excluding hydrogens is 492 g/mol. The number of thiophene rings is 1. The molecule has 1 aliphatic heterocycles. The first-order valence-electron chi connectivity index (χ1n) is 12.2. The minimum Gasteiger partial charge on any atom is -0.462 e. The third kappa shape index (κ3) is 5.06. The maximum Gasteiger partial charge on any atom is 0.341 e. The molecule has 2 aliphatic rings. The van der Waals surface area contributed by atoms with Crippen molar-refractivity contribution in [2.45, 2.75) is 44.5 Å². The third-order valence-corrected chi connectivity index (χ3v) is 8.96. The number of rotatable bonds is 7. The Morgan fingerprint density at radius 3 is 2.56 bits per heavy atom. The number of nitrogens with zero attached hydrogens (tertiary/aromatic N) is 1. The molecule has 2 amide bonds. The van der Waals surface area contributed by atoms with Crippen LogP contribution in [0.4, 0.5) is 5.00 Å². The summed E-state index contributed by atoms with van der Waals surface area (Å²) in [6.45, 7) is 2.63. The Kier molecular flexibility index (Phi) is 7.43. The standard InChI is InChI=1S/C28H28N2O4S2/c1-2-34-28(33)24-21-10-6-7-11-22(21)36-26(24)29-25(32)19-12-14-20(15-13-19)27-30(23(31)17-35-27)16-18-8-4-3-5-9-18/h3-5,8-9,12-15,27H,2,6-7,10-11,16-17H2,1H3,(H,29,32)/t27-/m1/s1. The number of carbonyl (C=O) groups excluding carboxylic acids is 3. The molecule has 1 atom stereocenters. The average molecular weight is 521 g/mol. The Morgan fingerprint density at radius 1 is 1.06 bits per heavy atom. The number of carbonyl (C=O) groups is 3. The van der Waals surface area contributed by atoms with Crippen molar-refractivity contribution in [1.29, 1.82) is 0 Å². The summed E-state index contributed by atoms with van der Waals surface area (Å²) in [7, 11) is 0. The van der Waals surface area contributed by atoms with Gasteiger partial charge in [-0.05, 0) is 61.4 Å². The summed E-state index contributed by atoms with van der Waals surface area (Å²) in [5.41, 5.74) is 4.11. The molecule has 0 unspecified atom stereocenters. The van der Waals surface area contributed by atoms with E-state index in [4.69, 9.17) is 4.74 Å². The lowest BCUT2D eigenvalue weighted by atomic mass is 9.95. The van der Waals surface area contributed by atoms with Gasteiger partial charge in [-0.2, -0.15) is 0 Å². The molecule has 5 rings (SSSR count). The van der Waals surface area contributed by atoms with Crippen LogP contribution < -0.4 is 5.32 Å². The number of hydrogen-bond acceptors (Lipinski definition) is 6. The first-order valence-corrected chi connectivity index (χ1v) is 14.1. The predicted octanol–water partition coefficient (Wildman–Crippen LogP) is 5.83. The fraction of sp³-hybridized carbons (Fsp3) is 0.321. The molecular formula is C28H28N2O4S2. The fourth-order valence-electron chi connectivity index (χ4n) is 4.73. The van der Waals surface area contributed by atoms with Gasteiger partial charge >= 0.3 is 5.97 Å². The van der Waals surface area contributed by atoms with Gasteiger partial charge in [0.25, 0.3) is 5.91 Å². The maximum absolute atomic E-state index is 13.1. The van der Waals surface area contributed by atoms with Crippen molar-refractivity contribution < 1.29 is 19.1 Å². The number of thioether (sulfide) groups is 1. The number of ether oxygens (including phenoxy) is 1. The molecule has 1 fully saturated rings. The van der Waals surface area contributed by atoms with Crippen LogP contribution in [-0.2, 0) is 28.9 Å². The molecule has 2 aromatic carbocycles. The smallest absolute Gasteiger partial charge is 0.341 e. The van der Waals surface area contributed by atoms with Gasteiger partial charge in [0.1, 0.15) is 10.4 Å². The largest absolute Gasteiger partial charge is 0.462 e. The number of fused-ring (bicyclic) bond motifs is 1. The fourth-order valence-corrected chi connectivity index (χ4v) is 7.19. The van der Waals surface area contributed by atoms with Gasteiger partial charge in [0, 0.05) is 17.0 Å². The monoisotopic (exact) mass is 520 g/mol. The lowest BCUT2D eigenvalue weighted by Crippen LogP contribution is -2.27. The van der Waals surface area contributed by atoms with E-state index < -0.39 is 0 Å². The highest BCUT2D eigenvalue weighted by atomic mass is 32.2. The van der Waals surface area contributed by atoms with Crippen LogP contribution in [-0.4, -0.2) is 35.0 Å². The van der Waals surface area contributed by atoms with Crippen molar-refractivity contribution in [1.82, 2.24) is 4.90 Å². The predicted molar refractivity (Wildman–Crippen MR) is 144 cm³/mol. The van der Waals surface area contributed by atoms with Crippen LogP contribution in [0.5, 0.6) is 0 Å². The molecule has 1 N–H and O–H groups in total. The first-order chi connectivity index (χ1) is 17.5. The normalized spacial score (nSPS) is 17.1. The van der Waals surface area contributed by atoms with Crippen molar-refractivity contribution in [2.75, 3.05) is 17.7 Å². The topological polar surface area (TPSA) is 75.7 Å². The van der Waals surface area contributed by atoms with E-state index in [0.29, 0.717) is 35.0 Å². The summed E-state index contributed by atoms with van der Waals surface area (Å²) in [5, 5.41) is 3.45. The van der Waals surface area contributed by atoms with Crippen LogP contribution in [0.25, 0.3) is 0 Å². The molecule has 2 heterocycles. The van der Waals surface area contributed by atoms with E-state index in [2.05, 4.69) is 5.32 Å². The number of nitrogens with one attached hydrogen (secondary N) is 1. The zero-order chi connectivity index (χ0) is 25.1. The van der Waals surface area contributed by atoms with Crippen LogP contribution in [0.3, 0.4) is 0 Å². The molecule has 1 aliphatic carbocycles. The van der Waals surface area contributed by atoms with Gasteiger partial charge in [-0.1, -0.05) is 42.5 Å². The zero-order valence-electron chi connectivity index (χ0n) is 20.1. The van der Waals surface area contributed by atoms with E-state index in [-0.39, 0.29) is 23.2 Å². The molecule has 3 aromatic rings. The zero-order valence-corrected chi connectivity index (χ0v) is 21.8. The van der Waals surface area contributed by atoms with E-state index in [0.717, 1.165) is 47.3 Å². The molecule has 8 heteroatoms. The van der Waals surface area contributed by atoms with Crippen LogP contribution in [0.1, 0.15) is 67.4 Å². The highest BCUT2D eigenvalue weighted by molar-refractivity contribution is 8.00. The van der Waals surface area contributed by atoms with E-state index in [1.54, 1.807) is 30.8 Å². The Balaban J connectivity index is 1.33.